The van der Waals surface area contributed by atoms with Gasteiger partial charge in [-0.3, -0.25) is 9.59 Å². The number of carbonyl (C=O) groups excluding carboxylic acids is 2. The van der Waals surface area contributed by atoms with E-state index in [-0.39, 0.29) is 17.9 Å². The number of hydrogen-bond donors (Lipinski definition) is 2. The number of carbonyl (C=O) groups is 2. The highest BCUT2D eigenvalue weighted by Gasteiger charge is 2.38. The van der Waals surface area contributed by atoms with Gasteiger partial charge in [0.1, 0.15) is 11.2 Å². The number of methoxy groups -OCH3 is 1. The first-order valence-electron chi connectivity index (χ1n) is 6.70. The number of rotatable bonds is 5. The van der Waals surface area contributed by atoms with Gasteiger partial charge in [-0.2, -0.15) is 0 Å². The summed E-state index contributed by atoms with van der Waals surface area (Å²) in [5.41, 5.74) is -0.453. The fourth-order valence-electron chi connectivity index (χ4n) is 1.66. The lowest BCUT2D eigenvalue weighted by Gasteiger charge is -2.22. The van der Waals surface area contributed by atoms with E-state index in [1.165, 1.54) is 0 Å². The summed E-state index contributed by atoms with van der Waals surface area (Å²) in [6, 6.07) is 7.24. The first kappa shape index (κ1) is 14.4. The van der Waals surface area contributed by atoms with E-state index >= 15 is 0 Å². The molecule has 0 spiro atoms. The number of hydrogen-bond acceptors (Lipinski definition) is 3. The maximum Gasteiger partial charge on any atom is 0.239 e. The molecule has 5 heteroatoms. The van der Waals surface area contributed by atoms with Gasteiger partial charge in [0.2, 0.25) is 11.8 Å². The molecule has 1 aliphatic carbocycles. The average Bonchev–Trinajstić information content (AvgIpc) is 3.23. The minimum atomic E-state index is -1.09. The highest BCUT2D eigenvalue weighted by atomic mass is 16.5. The van der Waals surface area contributed by atoms with Crippen LogP contribution in [0.2, 0.25) is 0 Å². The Morgan fingerprint density at radius 2 is 1.75 bits per heavy atom. The van der Waals surface area contributed by atoms with Gasteiger partial charge in [0.15, 0.2) is 0 Å². The van der Waals surface area contributed by atoms with E-state index < -0.39 is 5.41 Å². The lowest BCUT2D eigenvalue weighted by atomic mass is 9.91. The lowest BCUT2D eigenvalue weighted by molar-refractivity contribution is -0.138. The second-order valence-electron chi connectivity index (χ2n) is 5.56. The summed E-state index contributed by atoms with van der Waals surface area (Å²) in [4.78, 5) is 24.3. The SMILES string of the molecule is COc1ccc(NC(=O)C(C)(C)C(=O)NC2CC2)cc1. The second-order valence-corrected chi connectivity index (χ2v) is 5.56. The molecule has 1 aromatic carbocycles. The largest absolute Gasteiger partial charge is 0.497 e. The lowest BCUT2D eigenvalue weighted by Crippen LogP contribution is -2.45. The van der Waals surface area contributed by atoms with Gasteiger partial charge in [-0.05, 0) is 51.0 Å². The molecule has 0 atom stereocenters. The minimum absolute atomic E-state index is 0.231. The Morgan fingerprint density at radius 1 is 1.15 bits per heavy atom. The molecular formula is C15H20N2O3. The van der Waals surface area contributed by atoms with Crippen LogP contribution in [0, 0.1) is 5.41 Å². The molecule has 0 unspecified atom stereocenters. The fourth-order valence-corrected chi connectivity index (χ4v) is 1.66. The molecule has 2 N–H and O–H groups in total. The van der Waals surface area contributed by atoms with Crippen molar-refractivity contribution in [2.75, 3.05) is 12.4 Å². The number of ether oxygens (including phenoxy) is 1. The van der Waals surface area contributed by atoms with Gasteiger partial charge >= 0.3 is 0 Å². The molecule has 2 rings (SSSR count). The number of benzene rings is 1. The van der Waals surface area contributed by atoms with Crippen molar-refractivity contribution in [3.8, 4) is 5.75 Å². The van der Waals surface area contributed by atoms with Crippen LogP contribution in [0.3, 0.4) is 0 Å². The van der Waals surface area contributed by atoms with Crippen LogP contribution in [-0.4, -0.2) is 25.0 Å². The predicted octanol–water partition coefficient (Wildman–Crippen LogP) is 1.94. The molecule has 0 aromatic heterocycles. The molecule has 1 saturated carbocycles. The van der Waals surface area contributed by atoms with Crippen LogP contribution >= 0.6 is 0 Å². The zero-order valence-electron chi connectivity index (χ0n) is 12.0. The van der Waals surface area contributed by atoms with Crippen LogP contribution in [0.15, 0.2) is 24.3 Å². The maximum atomic E-state index is 12.2. The Morgan fingerprint density at radius 3 is 2.25 bits per heavy atom. The molecule has 2 amide bonds. The molecule has 0 radical (unpaired) electrons. The van der Waals surface area contributed by atoms with E-state index in [4.69, 9.17) is 4.74 Å². The van der Waals surface area contributed by atoms with Crippen LogP contribution in [0.5, 0.6) is 5.75 Å². The van der Waals surface area contributed by atoms with Crippen molar-refractivity contribution in [2.24, 2.45) is 5.41 Å². The van der Waals surface area contributed by atoms with Gasteiger partial charge < -0.3 is 15.4 Å². The zero-order valence-corrected chi connectivity index (χ0v) is 12.0. The normalized spacial score (nSPS) is 14.6. The van der Waals surface area contributed by atoms with E-state index in [1.54, 1.807) is 45.2 Å². The van der Waals surface area contributed by atoms with Gasteiger partial charge in [0.05, 0.1) is 7.11 Å². The third kappa shape index (κ3) is 3.29. The molecular weight excluding hydrogens is 256 g/mol. The Balaban J connectivity index is 1.99. The summed E-state index contributed by atoms with van der Waals surface area (Å²) in [5.74, 6) is 0.167. The average molecular weight is 276 g/mol. The Kier molecular flexibility index (Phi) is 3.97. The van der Waals surface area contributed by atoms with Gasteiger partial charge in [-0.1, -0.05) is 0 Å². The minimum Gasteiger partial charge on any atom is -0.497 e. The van der Waals surface area contributed by atoms with Crippen LogP contribution in [0.25, 0.3) is 0 Å². The number of anilines is 1. The van der Waals surface area contributed by atoms with E-state index in [0.29, 0.717) is 11.4 Å². The van der Waals surface area contributed by atoms with E-state index in [9.17, 15) is 9.59 Å². The monoisotopic (exact) mass is 276 g/mol. The molecule has 1 aromatic rings. The smallest absolute Gasteiger partial charge is 0.239 e. The van der Waals surface area contributed by atoms with E-state index in [1.807, 2.05) is 0 Å². The van der Waals surface area contributed by atoms with Crippen molar-refractivity contribution in [1.29, 1.82) is 0 Å². The summed E-state index contributed by atoms with van der Waals surface area (Å²) < 4.78 is 5.05. The Bertz CT molecular complexity index is 504. The first-order valence-corrected chi connectivity index (χ1v) is 6.70. The summed E-state index contributed by atoms with van der Waals surface area (Å²) >= 11 is 0. The van der Waals surface area contributed by atoms with Crippen molar-refractivity contribution in [1.82, 2.24) is 5.32 Å². The topological polar surface area (TPSA) is 67.4 Å². The Labute approximate surface area is 118 Å². The molecule has 0 bridgehead atoms. The second kappa shape index (κ2) is 5.53. The van der Waals surface area contributed by atoms with Gasteiger partial charge in [0.25, 0.3) is 0 Å². The summed E-state index contributed by atoms with van der Waals surface area (Å²) in [5, 5.41) is 5.61. The van der Waals surface area contributed by atoms with Gasteiger partial charge in [0, 0.05) is 11.7 Å². The van der Waals surface area contributed by atoms with Gasteiger partial charge in [-0.15, -0.1) is 0 Å². The summed E-state index contributed by atoms with van der Waals surface area (Å²) in [6.07, 6.45) is 2.00. The number of amides is 2. The van der Waals surface area contributed by atoms with E-state index in [0.717, 1.165) is 12.8 Å². The van der Waals surface area contributed by atoms with Crippen LogP contribution < -0.4 is 15.4 Å². The quantitative estimate of drug-likeness (QED) is 0.808. The van der Waals surface area contributed by atoms with Crippen molar-refractivity contribution in [2.45, 2.75) is 32.7 Å². The van der Waals surface area contributed by atoms with Crippen LogP contribution in [0.4, 0.5) is 5.69 Å². The van der Waals surface area contributed by atoms with Crippen molar-refractivity contribution >= 4 is 17.5 Å². The highest BCUT2D eigenvalue weighted by molar-refractivity contribution is 6.09. The highest BCUT2D eigenvalue weighted by Crippen LogP contribution is 2.24. The molecule has 20 heavy (non-hydrogen) atoms. The van der Waals surface area contributed by atoms with Crippen molar-refractivity contribution < 1.29 is 14.3 Å². The Hall–Kier alpha value is -2.04. The summed E-state index contributed by atoms with van der Waals surface area (Å²) in [6.45, 7) is 3.26. The van der Waals surface area contributed by atoms with E-state index in [2.05, 4.69) is 10.6 Å². The molecule has 108 valence electrons. The zero-order chi connectivity index (χ0) is 14.8. The molecule has 5 nitrogen and oxygen atoms in total. The number of nitrogens with one attached hydrogen (secondary N) is 2. The third-order valence-electron chi connectivity index (χ3n) is 3.40. The predicted molar refractivity (Wildman–Crippen MR) is 76.6 cm³/mol. The molecule has 1 fully saturated rings. The first-order chi connectivity index (χ1) is 9.43. The van der Waals surface area contributed by atoms with Crippen LogP contribution in [0.1, 0.15) is 26.7 Å². The summed E-state index contributed by atoms with van der Waals surface area (Å²) in [7, 11) is 1.58. The fraction of sp³-hybridized carbons (Fsp3) is 0.467. The van der Waals surface area contributed by atoms with Crippen molar-refractivity contribution in [3.05, 3.63) is 24.3 Å². The molecule has 0 heterocycles. The maximum absolute atomic E-state index is 12.2. The van der Waals surface area contributed by atoms with Crippen LogP contribution in [-0.2, 0) is 9.59 Å². The molecule has 1 aliphatic rings. The third-order valence-corrected chi connectivity index (χ3v) is 3.40. The molecule has 0 saturated heterocycles. The molecule has 0 aliphatic heterocycles. The standard InChI is InChI=1S/C15H20N2O3/c1-15(2,13(18)16-10-4-5-10)14(19)17-11-6-8-12(20-3)9-7-11/h6-10H,4-5H2,1-3H3,(H,16,18)(H,17,19). The van der Waals surface area contributed by atoms with Gasteiger partial charge in [-0.25, -0.2) is 0 Å². The van der Waals surface area contributed by atoms with Crippen molar-refractivity contribution in [3.63, 3.8) is 0 Å².